The van der Waals surface area contributed by atoms with Gasteiger partial charge in [0.25, 0.3) is 5.91 Å². The molecule has 25 heavy (non-hydrogen) atoms. The molecule has 0 unspecified atom stereocenters. The zero-order valence-electron chi connectivity index (χ0n) is 13.1. The number of aromatic nitrogens is 4. The second-order valence-corrected chi connectivity index (χ2v) is 5.45. The Labute approximate surface area is 143 Å². The molecule has 4 N–H and O–H groups in total. The Bertz CT molecular complexity index is 1060. The van der Waals surface area contributed by atoms with Gasteiger partial charge in [-0.2, -0.15) is 0 Å². The molecule has 1 aromatic carbocycles. The van der Waals surface area contributed by atoms with E-state index in [9.17, 15) is 4.79 Å². The number of hydrogen-bond acceptors (Lipinski definition) is 5. The highest BCUT2D eigenvalue weighted by molar-refractivity contribution is 5.97. The zero-order valence-corrected chi connectivity index (χ0v) is 13.1. The third kappa shape index (κ3) is 3.02. The molecule has 0 aliphatic heterocycles. The molecule has 0 aliphatic carbocycles. The van der Waals surface area contributed by atoms with E-state index >= 15 is 0 Å². The van der Waals surface area contributed by atoms with Crippen molar-refractivity contribution in [3.63, 3.8) is 0 Å². The number of nitrogens with one attached hydrogen (secondary N) is 2. The summed E-state index contributed by atoms with van der Waals surface area (Å²) in [6.07, 6.45) is 3.40. The maximum Gasteiger partial charge on any atom is 0.265 e. The molecule has 3 aromatic heterocycles. The molecular formula is C18H14N6O. The third-order valence-corrected chi connectivity index (χ3v) is 3.73. The van der Waals surface area contributed by atoms with Gasteiger partial charge in [0, 0.05) is 29.0 Å². The van der Waals surface area contributed by atoms with Crippen LogP contribution in [0.2, 0.25) is 0 Å². The van der Waals surface area contributed by atoms with E-state index in [1.807, 2.05) is 42.5 Å². The van der Waals surface area contributed by atoms with Crippen molar-refractivity contribution in [2.75, 3.05) is 5.32 Å². The van der Waals surface area contributed by atoms with Crippen molar-refractivity contribution in [3.05, 3.63) is 66.6 Å². The molecule has 0 spiro atoms. The highest BCUT2D eigenvalue weighted by atomic mass is 16.1. The maximum atomic E-state index is 11.3. The lowest BCUT2D eigenvalue weighted by Gasteiger charge is -2.06. The van der Waals surface area contributed by atoms with Crippen molar-refractivity contribution >= 4 is 28.4 Å². The van der Waals surface area contributed by atoms with Crippen molar-refractivity contribution in [2.24, 2.45) is 5.73 Å². The summed E-state index contributed by atoms with van der Waals surface area (Å²) in [4.78, 5) is 27.3. The monoisotopic (exact) mass is 330 g/mol. The summed E-state index contributed by atoms with van der Waals surface area (Å²) in [5, 5.41) is 4.04. The summed E-state index contributed by atoms with van der Waals surface area (Å²) in [7, 11) is 0. The average molecular weight is 330 g/mol. The number of amides is 1. The Hall–Kier alpha value is -3.74. The normalized spacial score (nSPS) is 10.7. The minimum atomic E-state index is -0.489. The van der Waals surface area contributed by atoms with Crippen molar-refractivity contribution in [1.29, 1.82) is 0 Å². The molecule has 4 aromatic rings. The van der Waals surface area contributed by atoms with Crippen molar-refractivity contribution in [1.82, 2.24) is 19.9 Å². The average Bonchev–Trinajstić information content (AvgIpc) is 3.06. The highest BCUT2D eigenvalue weighted by Gasteiger charge is 2.07. The van der Waals surface area contributed by atoms with Crippen LogP contribution in [0, 0.1) is 0 Å². The van der Waals surface area contributed by atoms with Crippen LogP contribution < -0.4 is 11.1 Å². The van der Waals surface area contributed by atoms with Gasteiger partial charge in [-0.05, 0) is 42.5 Å². The number of carbonyl (C=O) groups excluding carboxylic acids is 1. The molecule has 122 valence electrons. The van der Waals surface area contributed by atoms with Gasteiger partial charge in [0.2, 0.25) is 5.95 Å². The van der Waals surface area contributed by atoms with Crippen LogP contribution in [0.25, 0.3) is 22.3 Å². The predicted molar refractivity (Wildman–Crippen MR) is 95.4 cm³/mol. The molecule has 7 nitrogen and oxygen atoms in total. The van der Waals surface area contributed by atoms with E-state index in [4.69, 9.17) is 5.73 Å². The van der Waals surface area contributed by atoms with Gasteiger partial charge >= 0.3 is 0 Å². The topological polar surface area (TPSA) is 110 Å². The van der Waals surface area contributed by atoms with Gasteiger partial charge in [0.05, 0.1) is 11.4 Å². The van der Waals surface area contributed by atoms with Crippen molar-refractivity contribution in [2.45, 2.75) is 0 Å². The fourth-order valence-electron chi connectivity index (χ4n) is 2.55. The number of nitrogens with two attached hydrogens (primary N) is 1. The fraction of sp³-hybridized carbons (Fsp3) is 0. The van der Waals surface area contributed by atoms with Gasteiger partial charge < -0.3 is 16.0 Å². The molecule has 0 aliphatic rings. The molecule has 0 saturated carbocycles. The number of hydrogen-bond donors (Lipinski definition) is 3. The number of H-pyrrole nitrogens is 1. The summed E-state index contributed by atoms with van der Waals surface area (Å²) < 4.78 is 0. The first-order chi connectivity index (χ1) is 12.2. The van der Waals surface area contributed by atoms with Crippen LogP contribution in [0.3, 0.4) is 0 Å². The van der Waals surface area contributed by atoms with Crippen molar-refractivity contribution < 1.29 is 4.79 Å². The van der Waals surface area contributed by atoms with Crippen LogP contribution >= 0.6 is 0 Å². The summed E-state index contributed by atoms with van der Waals surface area (Å²) >= 11 is 0. The second-order valence-electron chi connectivity index (χ2n) is 5.45. The summed E-state index contributed by atoms with van der Waals surface area (Å²) in [5.74, 6) is -0.0229. The van der Waals surface area contributed by atoms with Crippen LogP contribution in [0.5, 0.6) is 0 Å². The van der Waals surface area contributed by atoms with E-state index in [0.717, 1.165) is 28.0 Å². The first kappa shape index (κ1) is 14.8. The number of rotatable bonds is 4. The van der Waals surface area contributed by atoms with Gasteiger partial charge in [0.15, 0.2) is 0 Å². The number of aromatic amines is 1. The van der Waals surface area contributed by atoms with Gasteiger partial charge in [-0.15, -0.1) is 0 Å². The van der Waals surface area contributed by atoms with Crippen LogP contribution in [-0.2, 0) is 0 Å². The molecule has 0 saturated heterocycles. The molecule has 3 heterocycles. The summed E-state index contributed by atoms with van der Waals surface area (Å²) in [6, 6.07) is 14.8. The number of benzene rings is 1. The van der Waals surface area contributed by atoms with Crippen molar-refractivity contribution in [3.8, 4) is 11.4 Å². The summed E-state index contributed by atoms with van der Waals surface area (Å²) in [6.45, 7) is 0. The highest BCUT2D eigenvalue weighted by Crippen LogP contribution is 2.22. The Morgan fingerprint density at radius 2 is 1.92 bits per heavy atom. The molecule has 4 rings (SSSR count). The first-order valence-corrected chi connectivity index (χ1v) is 7.63. The van der Waals surface area contributed by atoms with E-state index in [2.05, 4.69) is 25.3 Å². The lowest BCUT2D eigenvalue weighted by atomic mass is 10.2. The number of fused-ring (bicyclic) bond motifs is 1. The first-order valence-electron chi connectivity index (χ1n) is 7.63. The van der Waals surface area contributed by atoms with E-state index in [-0.39, 0.29) is 0 Å². The van der Waals surface area contributed by atoms with Crippen LogP contribution in [0.15, 0.2) is 60.9 Å². The minimum absolute atomic E-state index is 0.376. The van der Waals surface area contributed by atoms with E-state index in [1.54, 1.807) is 18.5 Å². The largest absolute Gasteiger partial charge is 0.364 e. The Kier molecular flexibility index (Phi) is 3.59. The Morgan fingerprint density at radius 3 is 2.72 bits per heavy atom. The zero-order chi connectivity index (χ0) is 17.2. The molecule has 0 fully saturated rings. The second kappa shape index (κ2) is 6.04. The van der Waals surface area contributed by atoms with Gasteiger partial charge in [-0.3, -0.25) is 9.78 Å². The van der Waals surface area contributed by atoms with Gasteiger partial charge in [-0.1, -0.05) is 6.07 Å². The lowest BCUT2D eigenvalue weighted by Crippen LogP contribution is -2.10. The SMILES string of the molecule is NC(=O)c1cc2cc(Nc3nccc(-c4ccccn4)n3)ccc2[nH]1. The third-order valence-electron chi connectivity index (χ3n) is 3.73. The lowest BCUT2D eigenvalue weighted by molar-refractivity contribution is 0.0996. The van der Waals surface area contributed by atoms with Gasteiger partial charge in [0.1, 0.15) is 5.69 Å². The molecule has 7 heteroatoms. The molecular weight excluding hydrogens is 316 g/mol. The number of nitrogens with zero attached hydrogens (tertiary/aromatic N) is 3. The van der Waals surface area contributed by atoms with Crippen LogP contribution in [-0.4, -0.2) is 25.8 Å². The smallest absolute Gasteiger partial charge is 0.265 e. The van der Waals surface area contributed by atoms with Crippen LogP contribution in [0.4, 0.5) is 11.6 Å². The number of pyridine rings is 1. The molecule has 1 amide bonds. The molecule has 0 atom stereocenters. The van der Waals surface area contributed by atoms with Crippen LogP contribution in [0.1, 0.15) is 10.5 Å². The Morgan fingerprint density at radius 1 is 1.00 bits per heavy atom. The predicted octanol–water partition coefficient (Wildman–Crippen LogP) is 2.86. The van der Waals surface area contributed by atoms with Gasteiger partial charge in [-0.25, -0.2) is 9.97 Å². The maximum absolute atomic E-state index is 11.3. The number of carbonyl (C=O) groups is 1. The summed E-state index contributed by atoms with van der Waals surface area (Å²) in [5.41, 5.74) is 8.83. The molecule has 0 bridgehead atoms. The number of anilines is 2. The fourth-order valence-corrected chi connectivity index (χ4v) is 2.55. The quantitative estimate of drug-likeness (QED) is 0.533. The molecule has 0 radical (unpaired) electrons. The Balaban J connectivity index is 1.64. The minimum Gasteiger partial charge on any atom is -0.364 e. The van der Waals surface area contributed by atoms with E-state index in [1.165, 1.54) is 0 Å². The standard InChI is InChI=1S/C18H14N6O/c19-17(25)16-10-11-9-12(4-5-13(11)23-16)22-18-21-8-6-15(24-18)14-3-1-2-7-20-14/h1-10,23H,(H2,19,25)(H,21,22,24). The van der Waals surface area contributed by atoms with E-state index in [0.29, 0.717) is 11.6 Å². The van der Waals surface area contributed by atoms with E-state index < -0.39 is 5.91 Å². The number of primary amides is 1.